The summed E-state index contributed by atoms with van der Waals surface area (Å²) in [6.45, 7) is 5.98. The Morgan fingerprint density at radius 3 is 2.65 bits per heavy atom. The molecular formula is C13H12N2OS. The van der Waals surface area contributed by atoms with E-state index >= 15 is 0 Å². The van der Waals surface area contributed by atoms with Gasteiger partial charge in [0.2, 0.25) is 0 Å². The first-order valence-corrected chi connectivity index (χ1v) is 6.27. The van der Waals surface area contributed by atoms with Crippen molar-refractivity contribution in [3.63, 3.8) is 0 Å². The summed E-state index contributed by atoms with van der Waals surface area (Å²) >= 11 is 1.71. The van der Waals surface area contributed by atoms with E-state index in [0.29, 0.717) is 5.89 Å². The highest BCUT2D eigenvalue weighted by Gasteiger charge is 2.09. The standard InChI is InChI=1S/C13H12N2OS/c1-7-8(2)17-13(14-7)10-4-5-11-12(6-10)16-9(3)15-11/h4-6H,1-3H3. The maximum atomic E-state index is 5.53. The van der Waals surface area contributed by atoms with E-state index in [1.807, 2.05) is 32.0 Å². The molecular weight excluding hydrogens is 232 g/mol. The normalized spacial score (nSPS) is 11.2. The Morgan fingerprint density at radius 2 is 1.94 bits per heavy atom. The third kappa shape index (κ3) is 1.74. The lowest BCUT2D eigenvalue weighted by molar-refractivity contribution is 0.561. The van der Waals surface area contributed by atoms with Crippen LogP contribution in [0.15, 0.2) is 22.6 Å². The van der Waals surface area contributed by atoms with E-state index in [2.05, 4.69) is 16.9 Å². The van der Waals surface area contributed by atoms with E-state index in [4.69, 9.17) is 4.42 Å². The average Bonchev–Trinajstić information content (AvgIpc) is 2.80. The van der Waals surface area contributed by atoms with Gasteiger partial charge in [-0.1, -0.05) is 0 Å². The second-order valence-electron chi connectivity index (χ2n) is 4.08. The predicted octanol–water partition coefficient (Wildman–Crippen LogP) is 3.88. The van der Waals surface area contributed by atoms with Crippen molar-refractivity contribution < 1.29 is 4.42 Å². The summed E-state index contributed by atoms with van der Waals surface area (Å²) in [6, 6.07) is 6.03. The van der Waals surface area contributed by atoms with Crippen molar-refractivity contribution in [3.8, 4) is 10.6 Å². The molecule has 0 aliphatic heterocycles. The predicted molar refractivity (Wildman–Crippen MR) is 69.3 cm³/mol. The van der Waals surface area contributed by atoms with E-state index in [-0.39, 0.29) is 0 Å². The van der Waals surface area contributed by atoms with Crippen LogP contribution in [-0.4, -0.2) is 9.97 Å². The first-order chi connectivity index (χ1) is 8.13. The molecule has 4 heteroatoms. The quantitative estimate of drug-likeness (QED) is 0.652. The van der Waals surface area contributed by atoms with Crippen LogP contribution in [0.2, 0.25) is 0 Å². The van der Waals surface area contributed by atoms with Crippen LogP contribution in [0.3, 0.4) is 0 Å². The Morgan fingerprint density at radius 1 is 1.12 bits per heavy atom. The van der Waals surface area contributed by atoms with Crippen LogP contribution in [0.4, 0.5) is 0 Å². The molecule has 0 N–H and O–H groups in total. The SMILES string of the molecule is Cc1nc2ccc(-c3nc(C)c(C)s3)cc2o1. The van der Waals surface area contributed by atoms with Gasteiger partial charge in [0.25, 0.3) is 0 Å². The van der Waals surface area contributed by atoms with Crippen LogP contribution in [0.25, 0.3) is 21.7 Å². The van der Waals surface area contributed by atoms with Gasteiger partial charge in [0.15, 0.2) is 11.5 Å². The number of aryl methyl sites for hydroxylation is 3. The number of nitrogens with zero attached hydrogens (tertiary/aromatic N) is 2. The maximum absolute atomic E-state index is 5.53. The molecule has 0 bridgehead atoms. The molecule has 0 spiro atoms. The Balaban J connectivity index is 2.16. The van der Waals surface area contributed by atoms with Crippen molar-refractivity contribution in [1.82, 2.24) is 9.97 Å². The van der Waals surface area contributed by atoms with Crippen LogP contribution in [0.1, 0.15) is 16.5 Å². The molecule has 17 heavy (non-hydrogen) atoms. The Labute approximate surface area is 103 Å². The second-order valence-corrected chi connectivity index (χ2v) is 5.28. The summed E-state index contributed by atoms with van der Waals surface area (Å²) in [4.78, 5) is 10.1. The molecule has 0 atom stereocenters. The van der Waals surface area contributed by atoms with Gasteiger partial charge < -0.3 is 4.42 Å². The van der Waals surface area contributed by atoms with Crippen molar-refractivity contribution in [2.24, 2.45) is 0 Å². The molecule has 0 unspecified atom stereocenters. The molecule has 3 aromatic rings. The van der Waals surface area contributed by atoms with Crippen molar-refractivity contribution in [2.45, 2.75) is 20.8 Å². The van der Waals surface area contributed by atoms with Crippen molar-refractivity contribution in [1.29, 1.82) is 0 Å². The largest absolute Gasteiger partial charge is 0.441 e. The van der Waals surface area contributed by atoms with Crippen molar-refractivity contribution in [3.05, 3.63) is 34.7 Å². The Hall–Kier alpha value is -1.68. The number of hydrogen-bond donors (Lipinski definition) is 0. The monoisotopic (exact) mass is 244 g/mol. The molecule has 3 nitrogen and oxygen atoms in total. The summed E-state index contributed by atoms with van der Waals surface area (Å²) in [5.74, 6) is 0.698. The van der Waals surface area contributed by atoms with Gasteiger partial charge in [-0.3, -0.25) is 0 Å². The number of aromatic nitrogens is 2. The summed E-state index contributed by atoms with van der Waals surface area (Å²) in [5, 5.41) is 1.04. The summed E-state index contributed by atoms with van der Waals surface area (Å²) in [5.41, 5.74) is 3.91. The minimum Gasteiger partial charge on any atom is -0.441 e. The summed E-state index contributed by atoms with van der Waals surface area (Å²) in [7, 11) is 0. The molecule has 0 saturated heterocycles. The van der Waals surface area contributed by atoms with Gasteiger partial charge in [-0.05, 0) is 32.0 Å². The van der Waals surface area contributed by atoms with Crippen molar-refractivity contribution in [2.75, 3.05) is 0 Å². The highest BCUT2D eigenvalue weighted by molar-refractivity contribution is 7.15. The lowest BCUT2D eigenvalue weighted by Crippen LogP contribution is -1.77. The molecule has 3 rings (SSSR count). The van der Waals surface area contributed by atoms with Crippen LogP contribution >= 0.6 is 11.3 Å². The number of fused-ring (bicyclic) bond motifs is 1. The maximum Gasteiger partial charge on any atom is 0.192 e. The Kier molecular flexibility index (Phi) is 2.26. The van der Waals surface area contributed by atoms with Crippen LogP contribution in [0, 0.1) is 20.8 Å². The first-order valence-electron chi connectivity index (χ1n) is 5.45. The third-order valence-corrected chi connectivity index (χ3v) is 3.89. The smallest absolute Gasteiger partial charge is 0.192 e. The van der Waals surface area contributed by atoms with Gasteiger partial charge in [-0.15, -0.1) is 11.3 Å². The van der Waals surface area contributed by atoms with E-state index in [1.54, 1.807) is 11.3 Å². The number of hydrogen-bond acceptors (Lipinski definition) is 4. The zero-order valence-electron chi connectivity index (χ0n) is 9.94. The molecule has 0 radical (unpaired) electrons. The van der Waals surface area contributed by atoms with E-state index in [1.165, 1.54) is 4.88 Å². The molecule has 0 aliphatic carbocycles. The third-order valence-electron chi connectivity index (χ3n) is 2.77. The van der Waals surface area contributed by atoms with Gasteiger partial charge in [0.05, 0.1) is 5.69 Å². The summed E-state index contributed by atoms with van der Waals surface area (Å²) in [6.07, 6.45) is 0. The summed E-state index contributed by atoms with van der Waals surface area (Å²) < 4.78 is 5.53. The Bertz CT molecular complexity index is 677. The van der Waals surface area contributed by atoms with E-state index in [0.717, 1.165) is 27.4 Å². The molecule has 0 fully saturated rings. The van der Waals surface area contributed by atoms with Gasteiger partial charge in [0.1, 0.15) is 10.5 Å². The van der Waals surface area contributed by atoms with Gasteiger partial charge >= 0.3 is 0 Å². The molecule has 2 aromatic heterocycles. The first kappa shape index (κ1) is 10.5. The molecule has 0 amide bonds. The zero-order chi connectivity index (χ0) is 12.0. The number of rotatable bonds is 1. The van der Waals surface area contributed by atoms with Crippen LogP contribution in [0.5, 0.6) is 0 Å². The van der Waals surface area contributed by atoms with Gasteiger partial charge in [0, 0.05) is 17.4 Å². The number of thiazole rings is 1. The van der Waals surface area contributed by atoms with Gasteiger partial charge in [-0.2, -0.15) is 0 Å². The van der Waals surface area contributed by atoms with Crippen LogP contribution in [-0.2, 0) is 0 Å². The van der Waals surface area contributed by atoms with E-state index < -0.39 is 0 Å². The highest BCUT2D eigenvalue weighted by Crippen LogP contribution is 2.29. The number of benzene rings is 1. The van der Waals surface area contributed by atoms with Crippen LogP contribution < -0.4 is 0 Å². The molecule has 2 heterocycles. The molecule has 1 aromatic carbocycles. The highest BCUT2D eigenvalue weighted by atomic mass is 32.1. The minimum absolute atomic E-state index is 0.698. The lowest BCUT2D eigenvalue weighted by atomic mass is 10.2. The molecule has 0 aliphatic rings. The number of oxazole rings is 1. The minimum atomic E-state index is 0.698. The fourth-order valence-electron chi connectivity index (χ4n) is 1.77. The fourth-order valence-corrected chi connectivity index (χ4v) is 2.68. The second kappa shape index (κ2) is 3.67. The average molecular weight is 244 g/mol. The van der Waals surface area contributed by atoms with Crippen molar-refractivity contribution >= 4 is 22.4 Å². The topological polar surface area (TPSA) is 38.9 Å². The molecule has 0 saturated carbocycles. The molecule has 86 valence electrons. The van der Waals surface area contributed by atoms with E-state index in [9.17, 15) is 0 Å². The lowest BCUT2D eigenvalue weighted by Gasteiger charge is -1.94. The fraction of sp³-hybridized carbons (Fsp3) is 0.231. The zero-order valence-corrected chi connectivity index (χ0v) is 10.8. The van der Waals surface area contributed by atoms with Gasteiger partial charge in [-0.25, -0.2) is 9.97 Å².